The van der Waals surface area contributed by atoms with Gasteiger partial charge in [0, 0.05) is 19.2 Å². The third kappa shape index (κ3) is 5.53. The number of rotatable bonds is 8. The molecule has 0 bridgehead atoms. The monoisotopic (exact) mass is 461 g/mol. The van der Waals surface area contributed by atoms with E-state index in [-0.39, 0.29) is 17.3 Å². The van der Waals surface area contributed by atoms with Crippen molar-refractivity contribution in [1.29, 1.82) is 0 Å². The second kappa shape index (κ2) is 9.80. The molecule has 2 aromatic carbocycles. The number of nitro benzene ring substituents is 1. The first-order valence-corrected chi connectivity index (χ1v) is 10.6. The summed E-state index contributed by atoms with van der Waals surface area (Å²) in [6.07, 6.45) is -0.409. The number of hydrogen-bond donors (Lipinski definition) is 1. The van der Waals surface area contributed by atoms with Gasteiger partial charge in [-0.25, -0.2) is 0 Å². The van der Waals surface area contributed by atoms with E-state index < -0.39 is 11.0 Å². The lowest BCUT2D eigenvalue weighted by Crippen LogP contribution is -2.15. The Hall–Kier alpha value is -3.11. The molecule has 1 aromatic heterocycles. The number of thioether (sulfide) groups is 1. The molecule has 0 spiro atoms. The van der Waals surface area contributed by atoms with Gasteiger partial charge in [0.25, 0.3) is 5.69 Å². The molecular weight excluding hydrogens is 442 g/mol. The summed E-state index contributed by atoms with van der Waals surface area (Å²) in [6, 6.07) is 11.5. The Kier molecular flexibility index (Phi) is 7.13. The van der Waals surface area contributed by atoms with Crippen molar-refractivity contribution in [3.8, 4) is 5.75 Å². The highest BCUT2D eigenvalue weighted by Gasteiger charge is 2.19. The lowest BCUT2D eigenvalue weighted by atomic mass is 10.2. The van der Waals surface area contributed by atoms with Crippen molar-refractivity contribution in [1.82, 2.24) is 14.8 Å². The molecule has 0 aliphatic heterocycles. The Labute approximate surface area is 187 Å². The van der Waals surface area contributed by atoms with Gasteiger partial charge < -0.3 is 14.6 Å². The molecule has 162 valence electrons. The number of nitrogens with one attached hydrogen (secondary N) is 1. The molecule has 0 radical (unpaired) electrons. The van der Waals surface area contributed by atoms with Crippen LogP contribution in [0.2, 0.25) is 5.02 Å². The van der Waals surface area contributed by atoms with Crippen LogP contribution < -0.4 is 10.1 Å². The number of para-hydroxylation sites is 1. The van der Waals surface area contributed by atoms with E-state index in [1.54, 1.807) is 36.7 Å². The summed E-state index contributed by atoms with van der Waals surface area (Å²) in [5, 5.41) is 23.0. The Morgan fingerprint density at radius 3 is 2.77 bits per heavy atom. The number of ether oxygens (including phenoxy) is 1. The summed E-state index contributed by atoms with van der Waals surface area (Å²) < 4.78 is 7.62. The van der Waals surface area contributed by atoms with E-state index in [4.69, 9.17) is 16.3 Å². The van der Waals surface area contributed by atoms with Gasteiger partial charge in [-0.3, -0.25) is 14.9 Å². The molecule has 3 rings (SSSR count). The molecule has 0 aliphatic carbocycles. The number of hydrogen-bond acceptors (Lipinski definition) is 7. The van der Waals surface area contributed by atoms with Crippen molar-refractivity contribution in [3.63, 3.8) is 0 Å². The SMILES string of the molecule is Cc1ccc([N+](=O)[O-])cc1NC(=O)CSc1nnc([C@H](C)Oc2ccccc2Cl)n1C. The van der Waals surface area contributed by atoms with Gasteiger partial charge in [-0.2, -0.15) is 0 Å². The molecular formula is C20H20ClN5O4S. The maximum atomic E-state index is 12.4. The van der Waals surface area contributed by atoms with Crippen molar-refractivity contribution in [3.05, 3.63) is 69.0 Å². The minimum Gasteiger partial charge on any atom is -0.481 e. The average Bonchev–Trinajstić information content (AvgIpc) is 3.10. The van der Waals surface area contributed by atoms with Gasteiger partial charge >= 0.3 is 0 Å². The number of amides is 1. The second-order valence-electron chi connectivity index (χ2n) is 6.68. The molecule has 9 nitrogen and oxygen atoms in total. The quantitative estimate of drug-likeness (QED) is 0.297. The number of aryl methyl sites for hydroxylation is 1. The van der Waals surface area contributed by atoms with Crippen LogP contribution in [0.3, 0.4) is 0 Å². The van der Waals surface area contributed by atoms with Crippen LogP contribution in [0.15, 0.2) is 47.6 Å². The van der Waals surface area contributed by atoms with Crippen LogP contribution in [0.25, 0.3) is 0 Å². The zero-order valence-corrected chi connectivity index (χ0v) is 18.6. The van der Waals surface area contributed by atoms with Crippen molar-refractivity contribution >= 4 is 40.6 Å². The zero-order valence-electron chi connectivity index (χ0n) is 17.0. The van der Waals surface area contributed by atoms with E-state index >= 15 is 0 Å². The van der Waals surface area contributed by atoms with Crippen molar-refractivity contribution in [2.45, 2.75) is 25.1 Å². The number of halogens is 1. The molecule has 1 N–H and O–H groups in total. The third-order valence-corrected chi connectivity index (χ3v) is 5.74. The highest BCUT2D eigenvalue weighted by molar-refractivity contribution is 7.99. The number of aromatic nitrogens is 3. The topological polar surface area (TPSA) is 112 Å². The fraction of sp³-hybridized carbons (Fsp3) is 0.250. The standard InChI is InChI=1S/C20H20ClN5O4S/c1-12-8-9-14(26(28)29)10-16(12)22-18(27)11-31-20-24-23-19(25(20)3)13(2)30-17-7-5-4-6-15(17)21/h4-10,13H,11H2,1-3H3,(H,22,27)/t13-/m0/s1. The predicted octanol–water partition coefficient (Wildman–Crippen LogP) is 4.56. The van der Waals surface area contributed by atoms with Gasteiger partial charge in [-0.1, -0.05) is 41.6 Å². The largest absolute Gasteiger partial charge is 0.481 e. The molecule has 0 aliphatic rings. The van der Waals surface area contributed by atoms with Crippen molar-refractivity contribution < 1.29 is 14.5 Å². The maximum Gasteiger partial charge on any atom is 0.271 e. The molecule has 0 saturated heterocycles. The summed E-state index contributed by atoms with van der Waals surface area (Å²) in [5.74, 6) is 0.880. The average molecular weight is 462 g/mol. The van der Waals surface area contributed by atoms with Crippen LogP contribution in [-0.2, 0) is 11.8 Å². The molecule has 1 amide bonds. The smallest absolute Gasteiger partial charge is 0.271 e. The van der Waals surface area contributed by atoms with E-state index in [2.05, 4.69) is 15.5 Å². The van der Waals surface area contributed by atoms with Crippen LogP contribution in [-0.4, -0.2) is 31.3 Å². The third-order valence-electron chi connectivity index (χ3n) is 4.41. The Morgan fingerprint density at radius 2 is 2.06 bits per heavy atom. The van der Waals surface area contributed by atoms with Gasteiger partial charge in [0.05, 0.1) is 21.4 Å². The highest BCUT2D eigenvalue weighted by atomic mass is 35.5. The predicted molar refractivity (Wildman–Crippen MR) is 119 cm³/mol. The molecule has 31 heavy (non-hydrogen) atoms. The normalized spacial score (nSPS) is 11.7. The summed E-state index contributed by atoms with van der Waals surface area (Å²) in [5.41, 5.74) is 1.05. The first-order valence-electron chi connectivity index (χ1n) is 9.24. The molecule has 1 heterocycles. The fourth-order valence-electron chi connectivity index (χ4n) is 2.76. The van der Waals surface area contributed by atoms with Crippen LogP contribution >= 0.6 is 23.4 Å². The molecule has 11 heteroatoms. The minimum absolute atomic E-state index is 0.0633. The van der Waals surface area contributed by atoms with E-state index in [9.17, 15) is 14.9 Å². The first-order chi connectivity index (χ1) is 14.8. The van der Waals surface area contributed by atoms with E-state index in [0.29, 0.717) is 27.4 Å². The second-order valence-corrected chi connectivity index (χ2v) is 8.03. The van der Waals surface area contributed by atoms with Crippen LogP contribution in [0.1, 0.15) is 24.4 Å². The van der Waals surface area contributed by atoms with Crippen LogP contribution in [0.4, 0.5) is 11.4 Å². The lowest BCUT2D eigenvalue weighted by Gasteiger charge is -2.15. The van der Waals surface area contributed by atoms with Crippen molar-refractivity contribution in [2.75, 3.05) is 11.1 Å². The van der Waals surface area contributed by atoms with Gasteiger partial charge in [-0.15, -0.1) is 10.2 Å². The fourth-order valence-corrected chi connectivity index (χ4v) is 3.66. The Bertz CT molecular complexity index is 1120. The number of benzene rings is 2. The molecule has 0 saturated carbocycles. The van der Waals surface area contributed by atoms with Gasteiger partial charge in [0.15, 0.2) is 17.1 Å². The zero-order chi connectivity index (χ0) is 22.5. The van der Waals surface area contributed by atoms with Gasteiger partial charge in [0.1, 0.15) is 5.75 Å². The van der Waals surface area contributed by atoms with E-state index in [1.165, 1.54) is 23.9 Å². The molecule has 0 unspecified atom stereocenters. The molecule has 1 atom stereocenters. The van der Waals surface area contributed by atoms with Crippen LogP contribution in [0, 0.1) is 17.0 Å². The number of anilines is 1. The van der Waals surface area contributed by atoms with Crippen molar-refractivity contribution in [2.24, 2.45) is 7.05 Å². The Balaban J connectivity index is 1.62. The minimum atomic E-state index is -0.503. The number of nitro groups is 1. The number of carbonyl (C=O) groups is 1. The van der Waals surface area contributed by atoms with Gasteiger partial charge in [-0.05, 0) is 31.5 Å². The highest BCUT2D eigenvalue weighted by Crippen LogP contribution is 2.29. The number of non-ortho nitro benzene ring substituents is 1. The lowest BCUT2D eigenvalue weighted by molar-refractivity contribution is -0.384. The number of carbonyl (C=O) groups excluding carboxylic acids is 1. The van der Waals surface area contributed by atoms with E-state index in [0.717, 1.165) is 5.56 Å². The maximum absolute atomic E-state index is 12.4. The van der Waals surface area contributed by atoms with E-state index in [1.807, 2.05) is 19.1 Å². The molecule has 3 aromatic rings. The van der Waals surface area contributed by atoms with Gasteiger partial charge in [0.2, 0.25) is 5.91 Å². The summed E-state index contributed by atoms with van der Waals surface area (Å²) in [6.45, 7) is 3.60. The summed E-state index contributed by atoms with van der Waals surface area (Å²) in [4.78, 5) is 22.8. The van der Waals surface area contributed by atoms with Crippen LogP contribution in [0.5, 0.6) is 5.75 Å². The molecule has 0 fully saturated rings. The summed E-state index contributed by atoms with van der Waals surface area (Å²) >= 11 is 7.34. The first kappa shape index (κ1) is 22.6. The number of nitrogens with zero attached hydrogens (tertiary/aromatic N) is 4. The summed E-state index contributed by atoms with van der Waals surface area (Å²) in [7, 11) is 1.78. The Morgan fingerprint density at radius 1 is 1.32 bits per heavy atom.